The van der Waals surface area contributed by atoms with Crippen LogP contribution in [0.3, 0.4) is 0 Å². The normalized spacial score (nSPS) is 33.6. The Hall–Kier alpha value is -5.12. The maximum absolute atomic E-state index is 11.4. The van der Waals surface area contributed by atoms with Crippen molar-refractivity contribution in [3.63, 3.8) is 0 Å². The molecule has 0 aromatic heterocycles. The largest absolute Gasteiger partial charge is 0.508 e. The number of phenols is 6. The first-order valence-corrected chi connectivity index (χ1v) is 18.3. The second kappa shape index (κ2) is 16.3. The van der Waals surface area contributed by atoms with Crippen LogP contribution in [0.25, 0.3) is 0 Å². The minimum absolute atomic E-state index is 0.0224. The van der Waals surface area contributed by atoms with Crippen LogP contribution in [0.2, 0.25) is 0 Å². The number of benzene rings is 4. The highest BCUT2D eigenvalue weighted by Crippen LogP contribution is 2.70. The molecule has 2 saturated heterocycles. The maximum Gasteiger partial charge on any atom is 0.229 e. The molecule has 14 atom stereocenters. The quantitative estimate of drug-likeness (QED) is 0.0980. The summed E-state index contributed by atoms with van der Waals surface area (Å²) in [4.78, 5) is 0. The van der Waals surface area contributed by atoms with E-state index in [2.05, 4.69) is 0 Å². The van der Waals surface area contributed by atoms with Gasteiger partial charge in [0.15, 0.2) is 23.0 Å². The molecule has 18 heteroatoms. The van der Waals surface area contributed by atoms with Gasteiger partial charge >= 0.3 is 0 Å². The Kier molecular flexibility index (Phi) is 11.5. The summed E-state index contributed by atoms with van der Waals surface area (Å²) in [5.74, 6) is -6.73. The summed E-state index contributed by atoms with van der Waals surface area (Å²) < 4.78 is 23.3. The lowest BCUT2D eigenvalue weighted by Gasteiger charge is -2.54. The summed E-state index contributed by atoms with van der Waals surface area (Å²) in [7, 11) is 0. The second-order valence-corrected chi connectivity index (χ2v) is 14.7. The summed E-state index contributed by atoms with van der Waals surface area (Å²) in [6.45, 7) is -1.58. The molecule has 2 heterocycles. The molecule has 1 aliphatic carbocycles. The van der Waals surface area contributed by atoms with E-state index in [9.17, 15) is 71.5 Å². The summed E-state index contributed by atoms with van der Waals surface area (Å²) in [6, 6.07) is 16.5. The van der Waals surface area contributed by atoms with Gasteiger partial charge in [0, 0.05) is 35.1 Å². The first kappa shape index (κ1) is 41.1. The fourth-order valence-corrected chi connectivity index (χ4v) is 8.30. The van der Waals surface area contributed by atoms with E-state index in [1.165, 1.54) is 36.4 Å². The zero-order valence-corrected chi connectivity index (χ0v) is 30.3. The Morgan fingerprint density at radius 2 is 0.759 bits per heavy atom. The molecule has 14 N–H and O–H groups in total. The van der Waals surface area contributed by atoms with Crippen LogP contribution in [-0.2, 0) is 9.47 Å². The van der Waals surface area contributed by atoms with Crippen LogP contribution in [0.5, 0.6) is 46.0 Å². The highest BCUT2D eigenvalue weighted by atomic mass is 16.7. The molecular weight excluding hydrogens is 768 g/mol. The average molecular weight is 813 g/mol. The molecule has 7 rings (SSSR count). The molecule has 0 unspecified atom stereocenters. The van der Waals surface area contributed by atoms with Crippen molar-refractivity contribution in [1.82, 2.24) is 0 Å². The third kappa shape index (κ3) is 7.39. The number of aliphatic hydroxyl groups excluding tert-OH is 8. The van der Waals surface area contributed by atoms with E-state index in [4.69, 9.17) is 18.9 Å². The van der Waals surface area contributed by atoms with Gasteiger partial charge in [-0.1, -0.05) is 24.3 Å². The number of hydrogen-bond donors (Lipinski definition) is 14. The van der Waals surface area contributed by atoms with Crippen LogP contribution in [0, 0.1) is 0 Å². The molecule has 1 saturated carbocycles. The van der Waals surface area contributed by atoms with Crippen LogP contribution >= 0.6 is 0 Å². The number of phenolic OH excluding ortho intramolecular Hbond substituents is 6. The lowest BCUT2D eigenvalue weighted by Crippen LogP contribution is -2.60. The fourth-order valence-electron chi connectivity index (χ4n) is 8.30. The first-order chi connectivity index (χ1) is 27.6. The van der Waals surface area contributed by atoms with E-state index < -0.39 is 133 Å². The first-order valence-electron chi connectivity index (χ1n) is 18.3. The van der Waals surface area contributed by atoms with Gasteiger partial charge in [0.05, 0.1) is 13.2 Å². The van der Waals surface area contributed by atoms with Gasteiger partial charge in [-0.15, -0.1) is 0 Å². The number of rotatable bonds is 10. The van der Waals surface area contributed by atoms with Crippen LogP contribution in [-0.4, -0.2) is 146 Å². The topological polar surface area (TPSA) is 320 Å². The summed E-state index contributed by atoms with van der Waals surface area (Å²) in [6.07, 6.45) is -17.5. The van der Waals surface area contributed by atoms with Crippen molar-refractivity contribution in [3.8, 4) is 46.0 Å². The van der Waals surface area contributed by atoms with Crippen molar-refractivity contribution >= 4 is 0 Å². The van der Waals surface area contributed by atoms with Gasteiger partial charge in [-0.25, -0.2) is 0 Å². The van der Waals surface area contributed by atoms with Crippen molar-refractivity contribution < 1.29 is 90.4 Å². The Morgan fingerprint density at radius 1 is 0.414 bits per heavy atom. The molecule has 0 amide bonds. The van der Waals surface area contributed by atoms with E-state index in [1.807, 2.05) is 0 Å². The van der Waals surface area contributed by atoms with Gasteiger partial charge < -0.3 is 90.4 Å². The molecule has 4 aromatic rings. The Balaban J connectivity index is 1.43. The molecule has 312 valence electrons. The van der Waals surface area contributed by atoms with E-state index >= 15 is 0 Å². The molecule has 0 bridgehead atoms. The van der Waals surface area contributed by atoms with Crippen molar-refractivity contribution in [2.24, 2.45) is 0 Å². The summed E-state index contributed by atoms with van der Waals surface area (Å²) in [5, 5.41) is 149. The van der Waals surface area contributed by atoms with Crippen molar-refractivity contribution in [2.45, 2.75) is 85.1 Å². The molecular formula is C40H44O18. The SMILES string of the molecule is OC[C@H]1O[C@@H](Oc2c(O)cc(O)cc2[C@@H]2[C@@H](c3ccc(O)cc3)[C@@H](c3ccc(O)cc3)[C@@H]2c2cc(O)cc(O)c2O[C@@H]2O[C@H](CO)[C@@H](O)[C@H](O)[C@H]2O)[C@H](O)[C@@H](O)[C@@H]1O. The lowest BCUT2D eigenvalue weighted by molar-refractivity contribution is -0.278. The standard InChI is InChI=1S/C40H44O18/c41-13-25-31(49)33(51)35(53)39(55-25)57-37-21(9-19(45)11-23(37)47)29-27(15-1-5-17(43)6-2-15)28(16-3-7-18(44)8-4-16)30(29)22-10-20(46)12-24(48)38(22)58-40-36(54)34(52)32(50)26(14-42)56-40/h1-12,25-36,39-54H,13-14H2/t25-,26-,27-,28+,29+,30-,31-,32-,33+,34+,35-,36-,39+,40+/m1/s1. The molecule has 18 nitrogen and oxygen atoms in total. The number of aromatic hydroxyl groups is 6. The van der Waals surface area contributed by atoms with Crippen LogP contribution in [0.1, 0.15) is 45.9 Å². The van der Waals surface area contributed by atoms with E-state index in [0.29, 0.717) is 11.1 Å². The van der Waals surface area contributed by atoms with E-state index in [1.54, 1.807) is 24.3 Å². The van der Waals surface area contributed by atoms with Gasteiger partial charge in [0.25, 0.3) is 0 Å². The van der Waals surface area contributed by atoms with Gasteiger partial charge in [-0.2, -0.15) is 0 Å². The van der Waals surface area contributed by atoms with E-state index in [-0.39, 0.29) is 22.6 Å². The summed E-state index contributed by atoms with van der Waals surface area (Å²) in [5.41, 5.74) is 1.18. The maximum atomic E-state index is 11.4. The minimum atomic E-state index is -1.92. The van der Waals surface area contributed by atoms with Gasteiger partial charge in [-0.05, 0) is 59.4 Å². The van der Waals surface area contributed by atoms with E-state index in [0.717, 1.165) is 12.1 Å². The molecule has 3 fully saturated rings. The third-order valence-corrected chi connectivity index (χ3v) is 11.2. The van der Waals surface area contributed by atoms with Crippen LogP contribution < -0.4 is 9.47 Å². The molecule has 4 aromatic carbocycles. The smallest absolute Gasteiger partial charge is 0.229 e. The third-order valence-electron chi connectivity index (χ3n) is 11.2. The predicted molar refractivity (Wildman–Crippen MR) is 196 cm³/mol. The van der Waals surface area contributed by atoms with Gasteiger partial charge in [0.1, 0.15) is 71.8 Å². The molecule has 58 heavy (non-hydrogen) atoms. The number of ether oxygens (including phenoxy) is 4. The second-order valence-electron chi connectivity index (χ2n) is 14.7. The van der Waals surface area contributed by atoms with Gasteiger partial charge in [0.2, 0.25) is 12.6 Å². The zero-order chi connectivity index (χ0) is 41.7. The highest BCUT2D eigenvalue weighted by Gasteiger charge is 2.56. The Morgan fingerprint density at radius 3 is 1.09 bits per heavy atom. The molecule has 0 spiro atoms. The highest BCUT2D eigenvalue weighted by molar-refractivity contribution is 5.62. The molecule has 2 aliphatic heterocycles. The number of hydrogen-bond acceptors (Lipinski definition) is 18. The molecule has 3 aliphatic rings. The molecule has 0 radical (unpaired) electrons. The zero-order valence-electron chi connectivity index (χ0n) is 30.3. The average Bonchev–Trinajstić information content (AvgIpc) is 3.18. The Bertz CT molecular complexity index is 1910. The van der Waals surface area contributed by atoms with Crippen LogP contribution in [0.4, 0.5) is 0 Å². The fraction of sp³-hybridized carbons (Fsp3) is 0.400. The predicted octanol–water partition coefficient (Wildman–Crippen LogP) is -0.274. The Labute approximate surface area is 329 Å². The van der Waals surface area contributed by atoms with Crippen molar-refractivity contribution in [3.05, 3.63) is 95.1 Å². The lowest BCUT2D eigenvalue weighted by atomic mass is 9.49. The van der Waals surface area contributed by atoms with Crippen molar-refractivity contribution in [1.29, 1.82) is 0 Å². The monoisotopic (exact) mass is 812 g/mol. The minimum Gasteiger partial charge on any atom is -0.508 e. The van der Waals surface area contributed by atoms with Crippen molar-refractivity contribution in [2.75, 3.05) is 13.2 Å². The number of aliphatic hydroxyl groups is 8. The van der Waals surface area contributed by atoms with Crippen LogP contribution in [0.15, 0.2) is 72.8 Å². The van der Waals surface area contributed by atoms with Gasteiger partial charge in [-0.3, -0.25) is 0 Å². The summed E-state index contributed by atoms with van der Waals surface area (Å²) >= 11 is 0.